The molecule has 0 spiro atoms. The fraction of sp³-hybridized carbons (Fsp3) is 0.444. The van der Waals surface area contributed by atoms with E-state index in [1.807, 2.05) is 24.0 Å². The van der Waals surface area contributed by atoms with E-state index < -0.39 is 0 Å². The molecule has 3 heteroatoms. The van der Waals surface area contributed by atoms with Crippen molar-refractivity contribution < 1.29 is 0 Å². The average molecular weight is 291 g/mol. The largest absolute Gasteiger partial charge is 0.249 e. The van der Waals surface area contributed by atoms with Gasteiger partial charge in [-0.3, -0.25) is 0 Å². The van der Waals surface area contributed by atoms with Gasteiger partial charge in [-0.2, -0.15) is 0 Å². The first-order chi connectivity index (χ1) is 5.86. The number of hydrogen-bond acceptors (Lipinski definition) is 2. The molecule has 2 rings (SSSR count). The summed E-state index contributed by atoms with van der Waals surface area (Å²) in [5.74, 6) is 0. The second-order valence-corrected chi connectivity index (χ2v) is 5.41. The number of pyridine rings is 1. The summed E-state index contributed by atoms with van der Waals surface area (Å²) in [4.78, 5) is 4.36. The van der Waals surface area contributed by atoms with Gasteiger partial charge in [0, 0.05) is 15.0 Å². The lowest BCUT2D eigenvalue weighted by Gasteiger charge is -2.24. The molecule has 1 aliphatic rings. The van der Waals surface area contributed by atoms with Gasteiger partial charge in [0.15, 0.2) is 0 Å². The standard InChI is InChI=1S/C9H10INS/c10-8-5-2-6-11-9(8)12-7-3-1-4-7/h2,5-7H,1,3-4H2. The molecule has 0 saturated heterocycles. The predicted molar refractivity (Wildman–Crippen MR) is 60.5 cm³/mol. The normalized spacial score (nSPS) is 17.4. The van der Waals surface area contributed by atoms with E-state index in [-0.39, 0.29) is 0 Å². The van der Waals surface area contributed by atoms with Crippen LogP contribution in [0.25, 0.3) is 0 Å². The lowest BCUT2D eigenvalue weighted by molar-refractivity contribution is 0.521. The minimum atomic E-state index is 0.841. The molecule has 0 bridgehead atoms. The van der Waals surface area contributed by atoms with Gasteiger partial charge in [-0.25, -0.2) is 4.98 Å². The van der Waals surface area contributed by atoms with Gasteiger partial charge < -0.3 is 0 Å². The molecule has 0 aliphatic heterocycles. The third-order valence-corrected chi connectivity index (χ3v) is 4.65. The van der Waals surface area contributed by atoms with E-state index in [1.54, 1.807) is 0 Å². The van der Waals surface area contributed by atoms with Crippen molar-refractivity contribution in [2.75, 3.05) is 0 Å². The molecule has 1 nitrogen and oxygen atoms in total. The summed E-state index contributed by atoms with van der Waals surface area (Å²) in [5, 5.41) is 2.05. The van der Waals surface area contributed by atoms with Crippen LogP contribution in [0.1, 0.15) is 19.3 Å². The summed E-state index contributed by atoms with van der Waals surface area (Å²) in [5.41, 5.74) is 0. The molecule has 1 aromatic rings. The van der Waals surface area contributed by atoms with Crippen LogP contribution in [0.5, 0.6) is 0 Å². The molecule has 1 saturated carbocycles. The van der Waals surface area contributed by atoms with Crippen LogP contribution in [-0.2, 0) is 0 Å². The Balaban J connectivity index is 2.06. The van der Waals surface area contributed by atoms with E-state index in [4.69, 9.17) is 0 Å². The number of rotatable bonds is 2. The fourth-order valence-electron chi connectivity index (χ4n) is 1.10. The van der Waals surface area contributed by atoms with E-state index in [1.165, 1.54) is 27.9 Å². The molecule has 0 amide bonds. The van der Waals surface area contributed by atoms with Crippen LogP contribution < -0.4 is 0 Å². The Hall–Kier alpha value is 0.230. The summed E-state index contributed by atoms with van der Waals surface area (Å²) >= 11 is 4.29. The summed E-state index contributed by atoms with van der Waals surface area (Å²) in [6.45, 7) is 0. The summed E-state index contributed by atoms with van der Waals surface area (Å²) in [7, 11) is 0. The monoisotopic (exact) mass is 291 g/mol. The third-order valence-electron chi connectivity index (χ3n) is 2.06. The minimum Gasteiger partial charge on any atom is -0.249 e. The van der Waals surface area contributed by atoms with Crippen LogP contribution in [0.15, 0.2) is 23.4 Å². The van der Waals surface area contributed by atoms with E-state index >= 15 is 0 Å². The first-order valence-electron chi connectivity index (χ1n) is 4.13. The minimum absolute atomic E-state index is 0.841. The molecule has 0 radical (unpaired) electrons. The maximum absolute atomic E-state index is 4.36. The van der Waals surface area contributed by atoms with Crippen molar-refractivity contribution in [3.05, 3.63) is 21.9 Å². The third kappa shape index (κ3) is 1.93. The molecular weight excluding hydrogens is 281 g/mol. The highest BCUT2D eigenvalue weighted by molar-refractivity contribution is 14.1. The summed E-state index contributed by atoms with van der Waals surface area (Å²) < 4.78 is 1.28. The topological polar surface area (TPSA) is 12.9 Å². The molecule has 1 aliphatic carbocycles. The second kappa shape index (κ2) is 3.96. The van der Waals surface area contributed by atoms with Gasteiger partial charge in [0.2, 0.25) is 0 Å². The van der Waals surface area contributed by atoms with Crippen molar-refractivity contribution in [3.63, 3.8) is 0 Å². The molecule has 1 fully saturated rings. The van der Waals surface area contributed by atoms with Crippen molar-refractivity contribution in [1.29, 1.82) is 0 Å². The Kier molecular flexibility index (Phi) is 2.91. The van der Waals surface area contributed by atoms with Gasteiger partial charge in [-0.15, -0.1) is 11.8 Å². The van der Waals surface area contributed by atoms with Crippen LogP contribution >= 0.6 is 34.4 Å². The fourth-order valence-corrected chi connectivity index (χ4v) is 3.02. The lowest BCUT2D eigenvalue weighted by Crippen LogP contribution is -2.13. The highest BCUT2D eigenvalue weighted by Crippen LogP contribution is 2.36. The van der Waals surface area contributed by atoms with Crippen LogP contribution in [0.4, 0.5) is 0 Å². The number of thioether (sulfide) groups is 1. The highest BCUT2D eigenvalue weighted by atomic mass is 127. The Labute approximate surface area is 90.5 Å². The zero-order valence-electron chi connectivity index (χ0n) is 6.66. The van der Waals surface area contributed by atoms with Crippen molar-refractivity contribution in [2.24, 2.45) is 0 Å². The van der Waals surface area contributed by atoms with Crippen molar-refractivity contribution in [2.45, 2.75) is 29.5 Å². The van der Waals surface area contributed by atoms with E-state index in [0.717, 1.165) is 5.25 Å². The zero-order valence-corrected chi connectivity index (χ0v) is 9.64. The maximum atomic E-state index is 4.36. The quantitative estimate of drug-likeness (QED) is 0.775. The first-order valence-corrected chi connectivity index (χ1v) is 6.09. The molecule has 0 N–H and O–H groups in total. The highest BCUT2D eigenvalue weighted by Gasteiger charge is 2.19. The Bertz CT molecular complexity index is 273. The molecule has 64 valence electrons. The molecular formula is C9H10INS. The van der Waals surface area contributed by atoms with Crippen molar-refractivity contribution in [1.82, 2.24) is 4.98 Å². The van der Waals surface area contributed by atoms with E-state index in [2.05, 4.69) is 33.6 Å². The van der Waals surface area contributed by atoms with Crippen molar-refractivity contribution >= 4 is 34.4 Å². The number of halogens is 1. The Morgan fingerprint density at radius 1 is 1.50 bits per heavy atom. The molecule has 0 aromatic carbocycles. The number of nitrogens with zero attached hydrogens (tertiary/aromatic N) is 1. The SMILES string of the molecule is Ic1cccnc1SC1CCC1. The van der Waals surface area contributed by atoms with Gasteiger partial charge in [0.05, 0.1) is 0 Å². The molecule has 0 atom stereocenters. The molecule has 0 unspecified atom stereocenters. The predicted octanol–water partition coefficient (Wildman–Crippen LogP) is 3.33. The smallest absolute Gasteiger partial charge is 0.110 e. The molecule has 12 heavy (non-hydrogen) atoms. The Morgan fingerprint density at radius 2 is 2.33 bits per heavy atom. The lowest BCUT2D eigenvalue weighted by atomic mass is 10.0. The molecule has 1 aromatic heterocycles. The maximum Gasteiger partial charge on any atom is 0.110 e. The van der Waals surface area contributed by atoms with E-state index in [0.29, 0.717) is 0 Å². The van der Waals surface area contributed by atoms with E-state index in [9.17, 15) is 0 Å². The van der Waals surface area contributed by atoms with Gasteiger partial charge in [-0.1, -0.05) is 6.42 Å². The van der Waals surface area contributed by atoms with Gasteiger partial charge in [0.25, 0.3) is 0 Å². The summed E-state index contributed by atoms with van der Waals surface area (Å²) in [6, 6.07) is 4.11. The number of aromatic nitrogens is 1. The first kappa shape index (κ1) is 8.81. The van der Waals surface area contributed by atoms with Crippen LogP contribution in [0.2, 0.25) is 0 Å². The van der Waals surface area contributed by atoms with Crippen LogP contribution in [-0.4, -0.2) is 10.2 Å². The Morgan fingerprint density at radius 3 is 2.92 bits per heavy atom. The van der Waals surface area contributed by atoms with Gasteiger partial charge >= 0.3 is 0 Å². The van der Waals surface area contributed by atoms with Crippen LogP contribution in [0.3, 0.4) is 0 Å². The summed E-state index contributed by atoms with van der Waals surface area (Å²) in [6.07, 6.45) is 6.03. The van der Waals surface area contributed by atoms with Gasteiger partial charge in [-0.05, 0) is 47.6 Å². The average Bonchev–Trinajstić information content (AvgIpc) is 2.00. The zero-order chi connectivity index (χ0) is 8.39. The van der Waals surface area contributed by atoms with Crippen molar-refractivity contribution in [3.8, 4) is 0 Å². The van der Waals surface area contributed by atoms with Crippen LogP contribution in [0, 0.1) is 3.57 Å². The van der Waals surface area contributed by atoms with Gasteiger partial charge in [0.1, 0.15) is 5.03 Å². The second-order valence-electron chi connectivity index (χ2n) is 2.96. The number of hydrogen-bond donors (Lipinski definition) is 0. The molecule has 1 heterocycles.